The zero-order chi connectivity index (χ0) is 28.4. The van der Waals surface area contributed by atoms with Crippen LogP contribution in [0.3, 0.4) is 0 Å². The van der Waals surface area contributed by atoms with E-state index in [4.69, 9.17) is 0 Å². The number of unbranched alkanes of at least 4 members (excludes halogenated alkanes) is 22. The summed E-state index contributed by atoms with van der Waals surface area (Å²) in [5.41, 5.74) is 2.65. The summed E-state index contributed by atoms with van der Waals surface area (Å²) in [6.07, 6.45) is 43.0. The molecule has 0 aromatic carbocycles. The van der Waals surface area contributed by atoms with Gasteiger partial charge in [0.1, 0.15) is 13.1 Å². The van der Waals surface area contributed by atoms with Crippen LogP contribution in [0.2, 0.25) is 0 Å². The minimum Gasteiger partial charge on any atom is -1.00 e. The lowest BCUT2D eigenvalue weighted by atomic mass is 10.1. The molecule has 0 spiro atoms. The Morgan fingerprint density at radius 2 is 0.548 bits per heavy atom. The van der Waals surface area contributed by atoms with Gasteiger partial charge in [-0.1, -0.05) is 142 Å². The topological polar surface area (TPSA) is 7.76 Å². The molecular formula is C38H66Cl2N2. The smallest absolute Gasteiger partial charge is 0.169 e. The Morgan fingerprint density at radius 3 is 0.786 bits per heavy atom. The van der Waals surface area contributed by atoms with Gasteiger partial charge in [0.2, 0.25) is 0 Å². The Hall–Kier alpha value is -1.12. The van der Waals surface area contributed by atoms with Crippen molar-refractivity contribution in [3.63, 3.8) is 0 Å². The molecule has 0 aliphatic carbocycles. The highest BCUT2D eigenvalue weighted by Gasteiger charge is 2.06. The average Bonchev–Trinajstić information content (AvgIpc) is 2.99. The van der Waals surface area contributed by atoms with E-state index in [0.717, 1.165) is 13.1 Å². The van der Waals surface area contributed by atoms with Crippen LogP contribution in [0, 0.1) is 0 Å². The normalized spacial score (nSPS) is 10.8. The lowest BCUT2D eigenvalue weighted by Gasteiger charge is -2.03. The van der Waals surface area contributed by atoms with E-state index in [1.54, 1.807) is 0 Å². The minimum absolute atomic E-state index is 0. The molecule has 0 unspecified atom stereocenters. The minimum atomic E-state index is 0. The largest absolute Gasteiger partial charge is 1.00 e. The molecule has 0 N–H and O–H groups in total. The average molecular weight is 622 g/mol. The molecule has 0 amide bonds. The summed E-state index contributed by atoms with van der Waals surface area (Å²) in [4.78, 5) is 0. The van der Waals surface area contributed by atoms with E-state index in [9.17, 15) is 0 Å². The number of nitrogens with zero attached hydrogens (tertiary/aromatic N) is 2. The van der Waals surface area contributed by atoms with Gasteiger partial charge in [0, 0.05) is 37.1 Å². The second-order valence-corrected chi connectivity index (χ2v) is 12.4. The summed E-state index contributed by atoms with van der Waals surface area (Å²) in [6.45, 7) is 6.88. The van der Waals surface area contributed by atoms with Gasteiger partial charge in [0.05, 0.1) is 0 Å². The zero-order valence-electron chi connectivity index (χ0n) is 27.7. The molecule has 2 rings (SSSR count). The number of hydrogen-bond acceptors (Lipinski definition) is 0. The fourth-order valence-corrected chi connectivity index (χ4v) is 5.87. The molecule has 2 aromatic rings. The van der Waals surface area contributed by atoms with Crippen molar-refractivity contribution in [2.45, 2.75) is 181 Å². The van der Waals surface area contributed by atoms with E-state index in [-0.39, 0.29) is 24.8 Å². The number of halogens is 2. The number of hydrogen-bond donors (Lipinski definition) is 0. The molecule has 0 aliphatic rings. The van der Waals surface area contributed by atoms with Crippen molar-refractivity contribution in [1.82, 2.24) is 0 Å². The highest BCUT2D eigenvalue weighted by Crippen LogP contribution is 2.16. The van der Waals surface area contributed by atoms with E-state index in [1.165, 1.54) is 165 Å². The summed E-state index contributed by atoms with van der Waals surface area (Å²) in [7, 11) is 0. The van der Waals surface area contributed by atoms with E-state index in [0.29, 0.717) is 0 Å². The molecule has 0 bridgehead atoms. The highest BCUT2D eigenvalue weighted by atomic mass is 35.5. The molecule has 242 valence electrons. The van der Waals surface area contributed by atoms with Crippen LogP contribution in [-0.2, 0) is 13.1 Å². The monoisotopic (exact) mass is 620 g/mol. The van der Waals surface area contributed by atoms with Crippen molar-refractivity contribution in [1.29, 1.82) is 0 Å². The molecular weight excluding hydrogens is 555 g/mol. The van der Waals surface area contributed by atoms with Crippen molar-refractivity contribution in [2.24, 2.45) is 0 Å². The molecule has 0 saturated carbocycles. The van der Waals surface area contributed by atoms with Gasteiger partial charge in [0.25, 0.3) is 0 Å². The van der Waals surface area contributed by atoms with Crippen LogP contribution in [0.5, 0.6) is 0 Å². The lowest BCUT2D eigenvalue weighted by Crippen LogP contribution is -3.00. The molecule has 0 saturated heterocycles. The lowest BCUT2D eigenvalue weighted by molar-refractivity contribution is -0.697. The number of aromatic nitrogens is 2. The molecule has 0 aliphatic heterocycles. The van der Waals surface area contributed by atoms with E-state index in [2.05, 4.69) is 72.0 Å². The highest BCUT2D eigenvalue weighted by molar-refractivity contribution is 5.60. The maximum Gasteiger partial charge on any atom is 0.169 e. The van der Waals surface area contributed by atoms with Gasteiger partial charge in [0.15, 0.2) is 24.8 Å². The predicted molar refractivity (Wildman–Crippen MR) is 174 cm³/mol. The van der Waals surface area contributed by atoms with Crippen molar-refractivity contribution >= 4 is 0 Å². The van der Waals surface area contributed by atoms with Crippen molar-refractivity contribution < 1.29 is 33.9 Å². The first-order valence-electron chi connectivity index (χ1n) is 17.8. The van der Waals surface area contributed by atoms with Crippen molar-refractivity contribution in [2.75, 3.05) is 0 Å². The van der Waals surface area contributed by atoms with Gasteiger partial charge >= 0.3 is 0 Å². The fraction of sp³-hybridized carbons (Fsp3) is 0.737. The summed E-state index contributed by atoms with van der Waals surface area (Å²) in [6, 6.07) is 9.13. The Labute approximate surface area is 274 Å². The Bertz CT molecular complexity index is 737. The van der Waals surface area contributed by atoms with Crippen LogP contribution in [0.1, 0.15) is 168 Å². The fourth-order valence-electron chi connectivity index (χ4n) is 5.87. The molecule has 0 radical (unpaired) electrons. The quantitative estimate of drug-likeness (QED) is 0.0941. The SMILES string of the molecule is CCCCCCCCCCCCCC[n+]1ccc(-c2cc[n+](CCCCCCCCCCCCCC)cc2)cc1.[Cl-].[Cl-]. The third kappa shape index (κ3) is 21.6. The van der Waals surface area contributed by atoms with Crippen LogP contribution in [-0.4, -0.2) is 0 Å². The van der Waals surface area contributed by atoms with Gasteiger partial charge in [-0.2, -0.15) is 0 Å². The second-order valence-electron chi connectivity index (χ2n) is 12.4. The third-order valence-corrected chi connectivity index (χ3v) is 8.66. The van der Waals surface area contributed by atoms with Gasteiger partial charge in [-0.05, 0) is 24.0 Å². The third-order valence-electron chi connectivity index (χ3n) is 8.66. The summed E-state index contributed by atoms with van der Waals surface area (Å²) in [5.74, 6) is 0. The molecule has 4 heteroatoms. The van der Waals surface area contributed by atoms with Crippen LogP contribution in [0.4, 0.5) is 0 Å². The standard InChI is InChI=1S/C38H66N2.2ClH/c1-3-5-7-9-11-13-15-17-19-21-23-25-31-39-33-27-37(28-34-39)38-29-35-40(36-30-38)32-26-24-22-20-18-16-14-12-10-8-6-4-2;;/h27-30,33-36H,3-26,31-32H2,1-2H3;2*1H/q+2;;/p-2. The Kier molecular flexibility index (Phi) is 29.1. The van der Waals surface area contributed by atoms with Gasteiger partial charge in [-0.3, -0.25) is 0 Å². The van der Waals surface area contributed by atoms with Crippen LogP contribution in [0.15, 0.2) is 49.1 Å². The molecule has 2 heterocycles. The van der Waals surface area contributed by atoms with Gasteiger partial charge in [-0.25, -0.2) is 9.13 Å². The second kappa shape index (κ2) is 29.9. The maximum atomic E-state index is 2.36. The number of rotatable bonds is 27. The van der Waals surface area contributed by atoms with Crippen LogP contribution >= 0.6 is 0 Å². The first-order chi connectivity index (χ1) is 19.8. The van der Waals surface area contributed by atoms with Crippen molar-refractivity contribution in [3.05, 3.63) is 49.1 Å². The maximum absolute atomic E-state index is 2.36. The Morgan fingerprint density at radius 1 is 0.333 bits per heavy atom. The van der Waals surface area contributed by atoms with Gasteiger partial charge in [-0.15, -0.1) is 0 Å². The number of aryl methyl sites for hydroxylation is 2. The summed E-state index contributed by atoms with van der Waals surface area (Å²) < 4.78 is 4.72. The van der Waals surface area contributed by atoms with E-state index in [1.807, 2.05) is 0 Å². The molecule has 0 atom stereocenters. The summed E-state index contributed by atoms with van der Waals surface area (Å²) >= 11 is 0. The number of pyridine rings is 2. The molecule has 2 nitrogen and oxygen atoms in total. The van der Waals surface area contributed by atoms with Gasteiger partial charge < -0.3 is 24.8 Å². The van der Waals surface area contributed by atoms with Crippen molar-refractivity contribution in [3.8, 4) is 11.1 Å². The van der Waals surface area contributed by atoms with Crippen LogP contribution in [0.25, 0.3) is 11.1 Å². The zero-order valence-corrected chi connectivity index (χ0v) is 29.2. The Balaban J connectivity index is 0.00000840. The molecule has 2 aromatic heterocycles. The molecule has 0 fully saturated rings. The van der Waals surface area contributed by atoms with E-state index < -0.39 is 0 Å². The first kappa shape index (κ1) is 40.9. The van der Waals surface area contributed by atoms with E-state index >= 15 is 0 Å². The summed E-state index contributed by atoms with van der Waals surface area (Å²) in [5, 5.41) is 0. The predicted octanol–water partition coefficient (Wildman–Crippen LogP) is 5.34. The first-order valence-corrected chi connectivity index (χ1v) is 17.8. The van der Waals surface area contributed by atoms with Crippen LogP contribution < -0.4 is 33.9 Å². The molecule has 42 heavy (non-hydrogen) atoms.